The number of carbonyl (C=O) groups excluding carboxylic acids is 1. The van der Waals surface area contributed by atoms with Gasteiger partial charge in [0, 0.05) is 5.92 Å². The standard InChI is InChI=1S/C9H12N4O2/c10-9(14)15-7-2-1-6(3-7)8-12-4-11-5-13-8/h4-7H,1-3H2,(H2,10,14). The van der Waals surface area contributed by atoms with Gasteiger partial charge in [0.25, 0.3) is 0 Å². The summed E-state index contributed by atoms with van der Waals surface area (Å²) in [6, 6.07) is 0. The zero-order chi connectivity index (χ0) is 10.7. The van der Waals surface area contributed by atoms with Crippen LogP contribution in [0.3, 0.4) is 0 Å². The van der Waals surface area contributed by atoms with Crippen molar-refractivity contribution < 1.29 is 9.53 Å². The highest BCUT2D eigenvalue weighted by atomic mass is 16.6. The van der Waals surface area contributed by atoms with Crippen molar-refractivity contribution in [1.82, 2.24) is 15.0 Å². The molecule has 2 atom stereocenters. The van der Waals surface area contributed by atoms with E-state index in [9.17, 15) is 4.79 Å². The fraction of sp³-hybridized carbons (Fsp3) is 0.556. The largest absolute Gasteiger partial charge is 0.446 e. The third kappa shape index (κ3) is 2.39. The predicted octanol–water partition coefficient (Wildman–Crippen LogP) is 0.603. The van der Waals surface area contributed by atoms with Crippen LogP contribution in [0.1, 0.15) is 31.0 Å². The summed E-state index contributed by atoms with van der Waals surface area (Å²) < 4.78 is 4.93. The van der Waals surface area contributed by atoms with Gasteiger partial charge in [-0.1, -0.05) is 0 Å². The molecule has 1 aliphatic rings. The third-order valence-corrected chi connectivity index (χ3v) is 2.55. The first-order chi connectivity index (χ1) is 7.25. The molecule has 1 amide bonds. The summed E-state index contributed by atoms with van der Waals surface area (Å²) in [7, 11) is 0. The minimum atomic E-state index is -0.712. The molecular weight excluding hydrogens is 196 g/mol. The number of primary amides is 1. The van der Waals surface area contributed by atoms with Crippen molar-refractivity contribution >= 4 is 6.09 Å². The predicted molar refractivity (Wildman–Crippen MR) is 50.9 cm³/mol. The summed E-state index contributed by atoms with van der Waals surface area (Å²) in [6.07, 6.45) is 4.63. The van der Waals surface area contributed by atoms with Gasteiger partial charge in [0.05, 0.1) is 0 Å². The van der Waals surface area contributed by atoms with Gasteiger partial charge in [0.15, 0.2) is 0 Å². The Labute approximate surface area is 86.9 Å². The number of hydrogen-bond donors (Lipinski definition) is 1. The maximum absolute atomic E-state index is 10.6. The highest BCUT2D eigenvalue weighted by Crippen LogP contribution is 2.33. The van der Waals surface area contributed by atoms with E-state index in [4.69, 9.17) is 10.5 Å². The summed E-state index contributed by atoms with van der Waals surface area (Å²) in [6.45, 7) is 0. The quantitative estimate of drug-likeness (QED) is 0.768. The lowest BCUT2D eigenvalue weighted by Crippen LogP contribution is -2.20. The Morgan fingerprint density at radius 3 is 2.80 bits per heavy atom. The molecule has 1 saturated carbocycles. The van der Waals surface area contributed by atoms with Crippen molar-refractivity contribution in [3.05, 3.63) is 18.5 Å². The number of nitrogens with two attached hydrogens (primary N) is 1. The smallest absolute Gasteiger partial charge is 0.404 e. The third-order valence-electron chi connectivity index (χ3n) is 2.55. The van der Waals surface area contributed by atoms with Gasteiger partial charge in [-0.15, -0.1) is 0 Å². The SMILES string of the molecule is NC(=O)OC1CCC(c2ncncn2)C1. The van der Waals surface area contributed by atoms with Crippen molar-refractivity contribution in [2.75, 3.05) is 0 Å². The Morgan fingerprint density at radius 2 is 2.13 bits per heavy atom. The highest BCUT2D eigenvalue weighted by molar-refractivity contribution is 5.64. The Hall–Kier alpha value is -1.72. The van der Waals surface area contributed by atoms with Gasteiger partial charge in [-0.05, 0) is 19.3 Å². The topological polar surface area (TPSA) is 91.0 Å². The monoisotopic (exact) mass is 208 g/mol. The van der Waals surface area contributed by atoms with Gasteiger partial charge < -0.3 is 10.5 Å². The number of aromatic nitrogens is 3. The minimum absolute atomic E-state index is 0.0933. The van der Waals surface area contributed by atoms with Gasteiger partial charge in [-0.3, -0.25) is 0 Å². The molecule has 0 spiro atoms. The average molecular weight is 208 g/mol. The molecule has 1 aromatic heterocycles. The molecule has 0 aliphatic heterocycles. The first-order valence-electron chi connectivity index (χ1n) is 4.83. The second-order valence-electron chi connectivity index (χ2n) is 3.57. The zero-order valence-corrected chi connectivity index (χ0v) is 8.17. The molecule has 15 heavy (non-hydrogen) atoms. The molecule has 1 aromatic rings. The Morgan fingerprint density at radius 1 is 1.40 bits per heavy atom. The zero-order valence-electron chi connectivity index (χ0n) is 8.17. The summed E-state index contributed by atoms with van der Waals surface area (Å²) in [4.78, 5) is 22.5. The van der Waals surface area contributed by atoms with E-state index in [1.807, 2.05) is 0 Å². The number of hydrogen-bond acceptors (Lipinski definition) is 5. The van der Waals surface area contributed by atoms with Crippen LogP contribution < -0.4 is 5.73 Å². The van der Waals surface area contributed by atoms with E-state index in [1.165, 1.54) is 12.7 Å². The molecule has 2 rings (SSSR count). The first kappa shape index (κ1) is 9.82. The van der Waals surface area contributed by atoms with Gasteiger partial charge in [-0.25, -0.2) is 19.7 Å². The van der Waals surface area contributed by atoms with E-state index in [1.54, 1.807) is 0 Å². The average Bonchev–Trinajstić information content (AvgIpc) is 2.67. The van der Waals surface area contributed by atoms with E-state index in [0.717, 1.165) is 25.1 Å². The second-order valence-corrected chi connectivity index (χ2v) is 3.57. The maximum atomic E-state index is 10.6. The Bertz CT molecular complexity index is 343. The van der Waals surface area contributed by atoms with Crippen LogP contribution in [-0.4, -0.2) is 27.1 Å². The molecule has 0 saturated heterocycles. The van der Waals surface area contributed by atoms with Crippen molar-refractivity contribution in [2.45, 2.75) is 31.3 Å². The Kier molecular flexibility index (Phi) is 2.75. The van der Waals surface area contributed by atoms with E-state index >= 15 is 0 Å². The van der Waals surface area contributed by atoms with Gasteiger partial charge >= 0.3 is 6.09 Å². The molecule has 0 radical (unpaired) electrons. The fourth-order valence-electron chi connectivity index (χ4n) is 1.90. The molecule has 80 valence electrons. The van der Waals surface area contributed by atoms with Crippen molar-refractivity contribution in [1.29, 1.82) is 0 Å². The van der Waals surface area contributed by atoms with Crippen LogP contribution in [0, 0.1) is 0 Å². The van der Waals surface area contributed by atoms with Crippen LogP contribution >= 0.6 is 0 Å². The van der Waals surface area contributed by atoms with Crippen LogP contribution in [0.5, 0.6) is 0 Å². The van der Waals surface area contributed by atoms with Crippen molar-refractivity contribution in [3.8, 4) is 0 Å². The van der Waals surface area contributed by atoms with Gasteiger partial charge in [0.1, 0.15) is 24.6 Å². The normalized spacial score (nSPS) is 25.1. The second kappa shape index (κ2) is 4.20. The van der Waals surface area contributed by atoms with Gasteiger partial charge in [-0.2, -0.15) is 0 Å². The van der Waals surface area contributed by atoms with E-state index < -0.39 is 6.09 Å². The van der Waals surface area contributed by atoms with Gasteiger partial charge in [0.2, 0.25) is 0 Å². The molecule has 0 aromatic carbocycles. The molecule has 1 aliphatic carbocycles. The lowest BCUT2D eigenvalue weighted by molar-refractivity contribution is 0.109. The summed E-state index contributed by atoms with van der Waals surface area (Å²) >= 11 is 0. The molecular formula is C9H12N4O2. The van der Waals surface area contributed by atoms with Crippen LogP contribution in [0.4, 0.5) is 4.79 Å². The number of amides is 1. The fourth-order valence-corrected chi connectivity index (χ4v) is 1.90. The lowest BCUT2D eigenvalue weighted by atomic mass is 10.1. The summed E-state index contributed by atoms with van der Waals surface area (Å²) in [5, 5.41) is 0. The van der Waals surface area contributed by atoms with Crippen LogP contribution in [0.15, 0.2) is 12.7 Å². The van der Waals surface area contributed by atoms with Crippen molar-refractivity contribution in [3.63, 3.8) is 0 Å². The number of rotatable bonds is 2. The first-order valence-corrected chi connectivity index (χ1v) is 4.83. The van der Waals surface area contributed by atoms with Crippen LogP contribution in [0.2, 0.25) is 0 Å². The number of carbonyl (C=O) groups is 1. The molecule has 2 unspecified atom stereocenters. The molecule has 1 heterocycles. The molecule has 1 fully saturated rings. The number of nitrogens with zero attached hydrogens (tertiary/aromatic N) is 3. The Balaban J connectivity index is 1.96. The van der Waals surface area contributed by atoms with Crippen LogP contribution in [0.25, 0.3) is 0 Å². The van der Waals surface area contributed by atoms with E-state index in [-0.39, 0.29) is 12.0 Å². The van der Waals surface area contributed by atoms with Crippen LogP contribution in [-0.2, 0) is 4.74 Å². The molecule has 2 N–H and O–H groups in total. The summed E-state index contributed by atoms with van der Waals surface area (Å²) in [5.74, 6) is 1.01. The minimum Gasteiger partial charge on any atom is -0.446 e. The molecule has 6 nitrogen and oxygen atoms in total. The molecule has 0 bridgehead atoms. The van der Waals surface area contributed by atoms with Crippen molar-refractivity contribution in [2.24, 2.45) is 5.73 Å². The maximum Gasteiger partial charge on any atom is 0.404 e. The molecule has 6 heteroatoms. The highest BCUT2D eigenvalue weighted by Gasteiger charge is 2.29. The number of ether oxygens (including phenoxy) is 1. The summed E-state index contributed by atoms with van der Waals surface area (Å²) in [5.41, 5.74) is 4.95. The van der Waals surface area contributed by atoms with E-state index in [0.29, 0.717) is 0 Å². The lowest BCUT2D eigenvalue weighted by Gasteiger charge is -2.09. The van der Waals surface area contributed by atoms with E-state index in [2.05, 4.69) is 15.0 Å².